The molecule has 0 aliphatic rings. The zero-order chi connectivity index (χ0) is 16.7. The Kier molecular flexibility index (Phi) is 5.54. The third-order valence-electron chi connectivity index (χ3n) is 3.20. The van der Waals surface area contributed by atoms with Crippen LogP contribution in [0.2, 0.25) is 0 Å². The molecule has 0 spiro atoms. The van der Waals surface area contributed by atoms with Crippen molar-refractivity contribution < 1.29 is 8.42 Å². The van der Waals surface area contributed by atoms with E-state index in [4.69, 9.17) is 5.53 Å². The zero-order valence-corrected chi connectivity index (χ0v) is 13.1. The lowest BCUT2D eigenvalue weighted by Crippen LogP contribution is -2.34. The van der Waals surface area contributed by atoms with Crippen molar-refractivity contribution in [3.8, 4) is 0 Å². The first-order valence-corrected chi connectivity index (χ1v) is 8.37. The Morgan fingerprint density at radius 1 is 1.17 bits per heavy atom. The second-order valence-corrected chi connectivity index (χ2v) is 6.55. The molecule has 0 fully saturated rings. The molecule has 6 nitrogen and oxygen atoms in total. The summed E-state index contributed by atoms with van der Waals surface area (Å²) in [4.78, 5) is 2.76. The molecule has 2 aromatic carbocycles. The Morgan fingerprint density at radius 2 is 1.83 bits per heavy atom. The summed E-state index contributed by atoms with van der Waals surface area (Å²) in [6.07, 6.45) is 2.08. The Morgan fingerprint density at radius 3 is 2.39 bits per heavy atom. The van der Waals surface area contributed by atoms with E-state index < -0.39 is 16.1 Å². The zero-order valence-electron chi connectivity index (χ0n) is 12.3. The molecule has 0 saturated carbocycles. The highest BCUT2D eigenvalue weighted by Crippen LogP contribution is 2.17. The molecule has 0 heterocycles. The molecule has 2 aromatic rings. The van der Waals surface area contributed by atoms with Crippen molar-refractivity contribution in [1.29, 1.82) is 0 Å². The van der Waals surface area contributed by atoms with E-state index in [0.29, 0.717) is 12.1 Å². The van der Waals surface area contributed by atoms with E-state index in [0.717, 1.165) is 5.56 Å². The molecule has 0 aliphatic heterocycles. The molecule has 23 heavy (non-hydrogen) atoms. The van der Waals surface area contributed by atoms with E-state index >= 15 is 0 Å². The summed E-state index contributed by atoms with van der Waals surface area (Å²) in [6, 6.07) is 14.9. The van der Waals surface area contributed by atoms with Gasteiger partial charge in [0.1, 0.15) is 0 Å². The molecule has 7 heteroatoms. The third-order valence-corrected chi connectivity index (χ3v) is 4.70. The predicted octanol–water partition coefficient (Wildman–Crippen LogP) is 3.70. The van der Waals surface area contributed by atoms with Crippen molar-refractivity contribution in [2.24, 2.45) is 5.11 Å². The van der Waals surface area contributed by atoms with Crippen molar-refractivity contribution in [3.63, 3.8) is 0 Å². The SMILES string of the molecule is C=CC(Cc1ccccc1)NS(=O)(=O)c1ccc(N=[N+]=[N-])cc1. The Labute approximate surface area is 135 Å². The van der Waals surface area contributed by atoms with Gasteiger partial charge in [0.25, 0.3) is 0 Å². The minimum absolute atomic E-state index is 0.106. The molecule has 0 radical (unpaired) electrons. The molecular weight excluding hydrogens is 312 g/mol. The summed E-state index contributed by atoms with van der Waals surface area (Å²) >= 11 is 0. The summed E-state index contributed by atoms with van der Waals surface area (Å²) in [5.41, 5.74) is 9.73. The van der Waals surface area contributed by atoms with Crippen LogP contribution in [0.25, 0.3) is 10.4 Å². The second-order valence-electron chi connectivity index (χ2n) is 4.84. The highest BCUT2D eigenvalue weighted by molar-refractivity contribution is 7.89. The number of hydrogen-bond donors (Lipinski definition) is 1. The van der Waals surface area contributed by atoms with Gasteiger partial charge in [-0.3, -0.25) is 0 Å². The standard InChI is InChI=1S/C16H16N4O2S/c1-2-14(12-13-6-4-3-5-7-13)19-23(21,22)16-10-8-15(9-11-16)18-20-17/h2-11,14,19H,1,12H2. The van der Waals surface area contributed by atoms with Crippen LogP contribution in [0.15, 0.2) is 77.3 Å². The molecule has 118 valence electrons. The van der Waals surface area contributed by atoms with Crippen molar-refractivity contribution in [2.75, 3.05) is 0 Å². The van der Waals surface area contributed by atoms with Crippen LogP contribution in [-0.4, -0.2) is 14.5 Å². The van der Waals surface area contributed by atoms with E-state index in [2.05, 4.69) is 21.3 Å². The predicted molar refractivity (Wildman–Crippen MR) is 89.7 cm³/mol. The van der Waals surface area contributed by atoms with E-state index in [1.54, 1.807) is 6.08 Å². The monoisotopic (exact) mass is 328 g/mol. The average molecular weight is 328 g/mol. The number of sulfonamides is 1. The van der Waals surface area contributed by atoms with Crippen LogP contribution in [0.3, 0.4) is 0 Å². The third kappa shape index (κ3) is 4.69. The molecule has 2 rings (SSSR count). The normalized spacial score (nSPS) is 12.2. The minimum Gasteiger partial charge on any atom is -0.207 e. The lowest BCUT2D eigenvalue weighted by molar-refractivity contribution is 0.570. The van der Waals surface area contributed by atoms with Gasteiger partial charge in [0.2, 0.25) is 10.0 Å². The topological polar surface area (TPSA) is 94.9 Å². The Bertz CT molecular complexity index is 811. The molecule has 0 bridgehead atoms. The van der Waals surface area contributed by atoms with E-state index in [1.165, 1.54) is 24.3 Å². The molecule has 0 aliphatic carbocycles. The number of benzene rings is 2. The summed E-state index contributed by atoms with van der Waals surface area (Å²) in [5, 5.41) is 3.41. The van der Waals surface area contributed by atoms with Gasteiger partial charge < -0.3 is 0 Å². The number of azide groups is 1. The average Bonchev–Trinajstić information content (AvgIpc) is 2.56. The van der Waals surface area contributed by atoms with Gasteiger partial charge in [-0.1, -0.05) is 53.7 Å². The first kappa shape index (κ1) is 16.8. The largest absolute Gasteiger partial charge is 0.241 e. The molecule has 1 unspecified atom stereocenters. The quantitative estimate of drug-likeness (QED) is 0.363. The maximum atomic E-state index is 12.4. The fourth-order valence-electron chi connectivity index (χ4n) is 2.05. The van der Waals surface area contributed by atoms with Crippen molar-refractivity contribution in [1.82, 2.24) is 4.72 Å². The van der Waals surface area contributed by atoms with Gasteiger partial charge in [-0.05, 0) is 29.6 Å². The van der Waals surface area contributed by atoms with Gasteiger partial charge in [0.05, 0.1) is 4.90 Å². The van der Waals surface area contributed by atoms with Gasteiger partial charge >= 0.3 is 0 Å². The lowest BCUT2D eigenvalue weighted by atomic mass is 10.1. The van der Waals surface area contributed by atoms with Crippen LogP contribution >= 0.6 is 0 Å². The van der Waals surface area contributed by atoms with Crippen molar-refractivity contribution >= 4 is 15.7 Å². The van der Waals surface area contributed by atoms with E-state index in [-0.39, 0.29) is 4.90 Å². The minimum atomic E-state index is -3.68. The van der Waals surface area contributed by atoms with Crippen LogP contribution in [0, 0.1) is 0 Å². The fourth-order valence-corrected chi connectivity index (χ4v) is 3.26. The van der Waals surface area contributed by atoms with Crippen molar-refractivity contribution in [2.45, 2.75) is 17.4 Å². The van der Waals surface area contributed by atoms with E-state index in [9.17, 15) is 8.42 Å². The van der Waals surface area contributed by atoms with Gasteiger partial charge in [0.15, 0.2) is 0 Å². The summed E-state index contributed by atoms with van der Waals surface area (Å²) in [6.45, 7) is 3.69. The number of nitrogens with one attached hydrogen (secondary N) is 1. The number of nitrogens with zero attached hydrogens (tertiary/aromatic N) is 3. The van der Waals surface area contributed by atoms with Crippen LogP contribution < -0.4 is 4.72 Å². The molecule has 0 saturated heterocycles. The van der Waals surface area contributed by atoms with Gasteiger partial charge in [0, 0.05) is 16.6 Å². The lowest BCUT2D eigenvalue weighted by Gasteiger charge is -2.15. The number of rotatable bonds is 7. The maximum absolute atomic E-state index is 12.4. The van der Waals surface area contributed by atoms with Crippen molar-refractivity contribution in [3.05, 3.63) is 83.3 Å². The highest BCUT2D eigenvalue weighted by Gasteiger charge is 2.18. The molecule has 0 aromatic heterocycles. The van der Waals surface area contributed by atoms with Gasteiger partial charge in [-0.25, -0.2) is 13.1 Å². The Hall–Kier alpha value is -2.60. The first-order valence-electron chi connectivity index (χ1n) is 6.89. The molecule has 1 atom stereocenters. The van der Waals surface area contributed by atoms with Crippen LogP contribution in [0.4, 0.5) is 5.69 Å². The molecule has 1 N–H and O–H groups in total. The smallest absolute Gasteiger partial charge is 0.207 e. The Balaban J connectivity index is 2.15. The van der Waals surface area contributed by atoms with Crippen LogP contribution in [0.1, 0.15) is 5.56 Å². The summed E-state index contributed by atoms with van der Waals surface area (Å²) < 4.78 is 27.4. The summed E-state index contributed by atoms with van der Waals surface area (Å²) in [7, 11) is -3.68. The fraction of sp³-hybridized carbons (Fsp3) is 0.125. The maximum Gasteiger partial charge on any atom is 0.241 e. The first-order chi connectivity index (χ1) is 11.0. The van der Waals surface area contributed by atoms with E-state index in [1.807, 2.05) is 30.3 Å². The molecular formula is C16H16N4O2S. The number of hydrogen-bond acceptors (Lipinski definition) is 3. The molecule has 0 amide bonds. The second kappa shape index (κ2) is 7.60. The van der Waals surface area contributed by atoms with Crippen LogP contribution in [0.5, 0.6) is 0 Å². The highest BCUT2D eigenvalue weighted by atomic mass is 32.2. The summed E-state index contributed by atoms with van der Waals surface area (Å²) in [5.74, 6) is 0. The van der Waals surface area contributed by atoms with Gasteiger partial charge in [-0.2, -0.15) is 0 Å². The van der Waals surface area contributed by atoms with Gasteiger partial charge in [-0.15, -0.1) is 6.58 Å². The van der Waals surface area contributed by atoms with Crippen LogP contribution in [-0.2, 0) is 16.4 Å².